The number of ether oxygens (including phenoxy) is 2. The molecule has 25 heavy (non-hydrogen) atoms. The SMILES string of the molecule is O=C(COc1ccc(Cl)cc1)NCc1nc(CN2CCOCC2)cs1. The van der Waals surface area contributed by atoms with Gasteiger partial charge in [-0.2, -0.15) is 0 Å². The Kier molecular flexibility index (Phi) is 6.63. The average molecular weight is 382 g/mol. The molecule has 1 amide bonds. The maximum absolute atomic E-state index is 11.9. The molecular weight excluding hydrogens is 362 g/mol. The first kappa shape index (κ1) is 18.1. The number of carbonyl (C=O) groups excluding carboxylic acids is 1. The number of morpholine rings is 1. The van der Waals surface area contributed by atoms with Crippen molar-refractivity contribution in [3.63, 3.8) is 0 Å². The maximum atomic E-state index is 11.9. The molecule has 0 saturated carbocycles. The van der Waals surface area contributed by atoms with Gasteiger partial charge < -0.3 is 14.8 Å². The standard InChI is InChI=1S/C17H20ClN3O3S/c18-13-1-3-15(4-2-13)24-11-16(22)19-9-17-20-14(12-25-17)10-21-5-7-23-8-6-21/h1-4,12H,5-11H2,(H,19,22). The molecule has 1 aromatic heterocycles. The fourth-order valence-electron chi connectivity index (χ4n) is 2.40. The number of nitrogens with one attached hydrogen (secondary N) is 1. The van der Waals surface area contributed by atoms with E-state index in [1.807, 2.05) is 5.38 Å². The van der Waals surface area contributed by atoms with Gasteiger partial charge in [-0.1, -0.05) is 11.6 Å². The van der Waals surface area contributed by atoms with Gasteiger partial charge in [-0.05, 0) is 24.3 Å². The Balaban J connectivity index is 1.39. The highest BCUT2D eigenvalue weighted by Gasteiger charge is 2.13. The van der Waals surface area contributed by atoms with E-state index in [0.717, 1.165) is 43.5 Å². The number of hydrogen-bond donors (Lipinski definition) is 1. The van der Waals surface area contributed by atoms with Crippen LogP contribution in [0.3, 0.4) is 0 Å². The van der Waals surface area contributed by atoms with Gasteiger partial charge in [-0.15, -0.1) is 11.3 Å². The van der Waals surface area contributed by atoms with E-state index in [1.165, 1.54) is 0 Å². The molecule has 0 bridgehead atoms. The van der Waals surface area contributed by atoms with Crippen LogP contribution in [0.25, 0.3) is 0 Å². The molecule has 1 aliphatic rings. The minimum Gasteiger partial charge on any atom is -0.484 e. The third-order valence-electron chi connectivity index (χ3n) is 3.71. The van der Waals surface area contributed by atoms with Crippen LogP contribution in [0.15, 0.2) is 29.6 Å². The van der Waals surface area contributed by atoms with E-state index >= 15 is 0 Å². The Morgan fingerprint density at radius 2 is 2.08 bits per heavy atom. The van der Waals surface area contributed by atoms with Gasteiger partial charge in [0, 0.05) is 30.0 Å². The molecule has 134 valence electrons. The highest BCUT2D eigenvalue weighted by Crippen LogP contribution is 2.15. The molecule has 2 heterocycles. The Hall–Kier alpha value is -1.67. The van der Waals surface area contributed by atoms with Crippen LogP contribution in [0.1, 0.15) is 10.7 Å². The lowest BCUT2D eigenvalue weighted by atomic mass is 10.3. The summed E-state index contributed by atoms with van der Waals surface area (Å²) in [4.78, 5) is 18.8. The predicted octanol–water partition coefficient (Wildman–Crippen LogP) is 2.32. The lowest BCUT2D eigenvalue weighted by molar-refractivity contribution is -0.123. The van der Waals surface area contributed by atoms with Gasteiger partial charge in [0.1, 0.15) is 10.8 Å². The zero-order chi connectivity index (χ0) is 17.5. The molecule has 6 nitrogen and oxygen atoms in total. The molecule has 1 N–H and O–H groups in total. The Labute approximate surface area is 155 Å². The minimum atomic E-state index is -0.181. The van der Waals surface area contributed by atoms with Crippen molar-refractivity contribution >= 4 is 28.8 Å². The van der Waals surface area contributed by atoms with Crippen LogP contribution in [0.2, 0.25) is 5.02 Å². The summed E-state index contributed by atoms with van der Waals surface area (Å²) in [6.45, 7) is 4.64. The topological polar surface area (TPSA) is 63.7 Å². The third kappa shape index (κ3) is 5.97. The minimum absolute atomic E-state index is 0.0341. The first-order valence-corrected chi connectivity index (χ1v) is 9.33. The van der Waals surface area contributed by atoms with Crippen LogP contribution in [0, 0.1) is 0 Å². The Morgan fingerprint density at radius 3 is 2.84 bits per heavy atom. The van der Waals surface area contributed by atoms with Gasteiger partial charge in [0.2, 0.25) is 0 Å². The highest BCUT2D eigenvalue weighted by atomic mass is 35.5. The fourth-order valence-corrected chi connectivity index (χ4v) is 3.25. The highest BCUT2D eigenvalue weighted by molar-refractivity contribution is 7.09. The molecule has 1 aliphatic heterocycles. The molecule has 1 aromatic carbocycles. The molecule has 0 radical (unpaired) electrons. The molecule has 0 aliphatic carbocycles. The zero-order valence-electron chi connectivity index (χ0n) is 13.7. The van der Waals surface area contributed by atoms with E-state index in [1.54, 1.807) is 35.6 Å². The number of thiazole rings is 1. The number of aromatic nitrogens is 1. The second-order valence-corrected chi connectivity index (χ2v) is 7.02. The number of nitrogens with zero attached hydrogens (tertiary/aromatic N) is 2. The summed E-state index contributed by atoms with van der Waals surface area (Å²) in [6.07, 6.45) is 0. The zero-order valence-corrected chi connectivity index (χ0v) is 15.3. The summed E-state index contributed by atoms with van der Waals surface area (Å²) in [6, 6.07) is 6.91. The van der Waals surface area contributed by atoms with E-state index in [4.69, 9.17) is 21.1 Å². The van der Waals surface area contributed by atoms with Gasteiger partial charge in [-0.25, -0.2) is 4.98 Å². The van der Waals surface area contributed by atoms with E-state index in [0.29, 0.717) is 17.3 Å². The number of rotatable bonds is 7. The predicted molar refractivity (Wildman–Crippen MR) is 97.0 cm³/mol. The molecule has 1 saturated heterocycles. The first-order chi connectivity index (χ1) is 12.2. The normalized spacial score (nSPS) is 15.1. The smallest absolute Gasteiger partial charge is 0.258 e. The van der Waals surface area contributed by atoms with Crippen molar-refractivity contribution in [3.05, 3.63) is 45.4 Å². The Bertz CT molecular complexity index is 687. The van der Waals surface area contributed by atoms with E-state index in [-0.39, 0.29) is 12.5 Å². The second-order valence-electron chi connectivity index (χ2n) is 5.64. The molecular formula is C17H20ClN3O3S. The van der Waals surface area contributed by atoms with E-state index in [9.17, 15) is 4.79 Å². The van der Waals surface area contributed by atoms with Crippen LogP contribution in [-0.2, 0) is 22.6 Å². The monoisotopic (exact) mass is 381 g/mol. The van der Waals surface area contributed by atoms with Crippen LogP contribution in [0.4, 0.5) is 0 Å². The van der Waals surface area contributed by atoms with E-state index in [2.05, 4.69) is 15.2 Å². The lowest BCUT2D eigenvalue weighted by Gasteiger charge is -2.25. The molecule has 0 unspecified atom stereocenters. The number of hydrogen-bond acceptors (Lipinski definition) is 6. The maximum Gasteiger partial charge on any atom is 0.258 e. The van der Waals surface area contributed by atoms with Crippen LogP contribution in [0.5, 0.6) is 5.75 Å². The molecule has 1 fully saturated rings. The molecule has 0 spiro atoms. The summed E-state index contributed by atoms with van der Waals surface area (Å²) in [5.41, 5.74) is 1.04. The summed E-state index contributed by atoms with van der Waals surface area (Å²) < 4.78 is 10.8. The summed E-state index contributed by atoms with van der Waals surface area (Å²) in [5, 5.41) is 6.39. The molecule has 2 aromatic rings. The molecule has 3 rings (SSSR count). The number of carbonyl (C=O) groups is 1. The quantitative estimate of drug-likeness (QED) is 0.797. The number of amides is 1. The van der Waals surface area contributed by atoms with Gasteiger partial charge in [-0.3, -0.25) is 9.69 Å². The summed E-state index contributed by atoms with van der Waals surface area (Å²) >= 11 is 7.36. The second kappa shape index (κ2) is 9.15. The van der Waals surface area contributed by atoms with Crippen molar-refractivity contribution in [2.45, 2.75) is 13.1 Å². The fraction of sp³-hybridized carbons (Fsp3) is 0.412. The van der Waals surface area contributed by atoms with Crippen LogP contribution in [-0.4, -0.2) is 48.7 Å². The Morgan fingerprint density at radius 1 is 1.32 bits per heavy atom. The largest absolute Gasteiger partial charge is 0.484 e. The van der Waals surface area contributed by atoms with Gasteiger partial charge in [0.25, 0.3) is 5.91 Å². The number of benzene rings is 1. The first-order valence-electron chi connectivity index (χ1n) is 8.07. The van der Waals surface area contributed by atoms with E-state index < -0.39 is 0 Å². The van der Waals surface area contributed by atoms with Gasteiger partial charge in [0.15, 0.2) is 6.61 Å². The van der Waals surface area contributed by atoms with Gasteiger partial charge in [0.05, 0.1) is 25.5 Å². The van der Waals surface area contributed by atoms with Crippen molar-refractivity contribution in [1.29, 1.82) is 0 Å². The summed E-state index contributed by atoms with van der Waals surface area (Å²) in [7, 11) is 0. The van der Waals surface area contributed by atoms with Crippen molar-refractivity contribution < 1.29 is 14.3 Å². The third-order valence-corrected chi connectivity index (χ3v) is 4.86. The molecule has 0 atom stereocenters. The van der Waals surface area contributed by atoms with Crippen molar-refractivity contribution in [2.24, 2.45) is 0 Å². The average Bonchev–Trinajstić information content (AvgIpc) is 3.08. The van der Waals surface area contributed by atoms with Crippen LogP contribution < -0.4 is 10.1 Å². The van der Waals surface area contributed by atoms with Crippen molar-refractivity contribution in [1.82, 2.24) is 15.2 Å². The van der Waals surface area contributed by atoms with Crippen LogP contribution >= 0.6 is 22.9 Å². The van der Waals surface area contributed by atoms with Crippen molar-refractivity contribution in [2.75, 3.05) is 32.9 Å². The van der Waals surface area contributed by atoms with Gasteiger partial charge >= 0.3 is 0 Å². The molecule has 8 heteroatoms. The number of halogens is 1. The summed E-state index contributed by atoms with van der Waals surface area (Å²) in [5.74, 6) is 0.432. The lowest BCUT2D eigenvalue weighted by Crippen LogP contribution is -2.35. The van der Waals surface area contributed by atoms with Crippen molar-refractivity contribution in [3.8, 4) is 5.75 Å².